The number of halogens is 1. The number of likely N-dealkylation sites (N-methyl/N-ethyl adjacent to an activating group) is 1. The van der Waals surface area contributed by atoms with Crippen LogP contribution in [0.3, 0.4) is 0 Å². The third-order valence-corrected chi connectivity index (χ3v) is 4.70. The Hall–Kier alpha value is -2.77. The van der Waals surface area contributed by atoms with Crippen molar-refractivity contribution in [2.75, 3.05) is 44.5 Å². The lowest BCUT2D eigenvalue weighted by molar-refractivity contribution is -0.881. The number of rotatable bonds is 9. The number of carbonyl (C=O) groups is 2. The van der Waals surface area contributed by atoms with Crippen LogP contribution >= 0.6 is 11.6 Å². The summed E-state index contributed by atoms with van der Waals surface area (Å²) < 4.78 is 10.4. The van der Waals surface area contributed by atoms with Crippen molar-refractivity contribution >= 4 is 34.8 Å². The van der Waals surface area contributed by atoms with Crippen LogP contribution in [-0.4, -0.2) is 45.7 Å². The highest BCUT2D eigenvalue weighted by molar-refractivity contribution is 6.31. The maximum Gasteiger partial charge on any atom is 0.279 e. The molecular weight excluding hydrogens is 394 g/mol. The Morgan fingerprint density at radius 3 is 2.24 bits per heavy atom. The van der Waals surface area contributed by atoms with Gasteiger partial charge in [-0.2, -0.15) is 0 Å². The molecule has 0 saturated heterocycles. The second-order valence-electron chi connectivity index (χ2n) is 6.58. The van der Waals surface area contributed by atoms with Crippen molar-refractivity contribution in [2.24, 2.45) is 0 Å². The van der Waals surface area contributed by atoms with Crippen LogP contribution in [0.1, 0.15) is 12.5 Å². The molecule has 0 aliphatic heterocycles. The van der Waals surface area contributed by atoms with Crippen molar-refractivity contribution in [3.05, 3.63) is 47.0 Å². The SMILES string of the molecule is CC[NH+](CC(=O)Nc1ccc(OC)c(OC)c1)CC(=O)Nc1cc(Cl)ccc1C. The molecule has 0 spiro atoms. The molecule has 0 radical (unpaired) electrons. The van der Waals surface area contributed by atoms with Crippen LogP contribution in [0, 0.1) is 6.92 Å². The van der Waals surface area contributed by atoms with Crippen LogP contribution in [-0.2, 0) is 9.59 Å². The highest BCUT2D eigenvalue weighted by Crippen LogP contribution is 2.29. The summed E-state index contributed by atoms with van der Waals surface area (Å²) >= 11 is 5.99. The normalized spacial score (nSPS) is 11.5. The molecule has 2 aromatic carbocycles. The molecule has 2 aromatic rings. The Labute approximate surface area is 175 Å². The Morgan fingerprint density at radius 2 is 1.62 bits per heavy atom. The number of hydrogen-bond acceptors (Lipinski definition) is 4. The summed E-state index contributed by atoms with van der Waals surface area (Å²) in [6.07, 6.45) is 0. The molecule has 0 aliphatic rings. The van der Waals surface area contributed by atoms with Crippen molar-refractivity contribution in [3.8, 4) is 11.5 Å². The zero-order valence-corrected chi connectivity index (χ0v) is 17.9. The molecule has 0 aromatic heterocycles. The highest BCUT2D eigenvalue weighted by Gasteiger charge is 2.18. The van der Waals surface area contributed by atoms with Crippen molar-refractivity contribution in [2.45, 2.75) is 13.8 Å². The second-order valence-corrected chi connectivity index (χ2v) is 7.02. The van der Waals surface area contributed by atoms with Gasteiger partial charge in [0.1, 0.15) is 0 Å². The smallest absolute Gasteiger partial charge is 0.279 e. The summed E-state index contributed by atoms with van der Waals surface area (Å²) in [5.41, 5.74) is 2.20. The molecule has 2 amide bonds. The number of benzene rings is 2. The van der Waals surface area contributed by atoms with Gasteiger partial charge in [0, 0.05) is 22.5 Å². The molecule has 8 heteroatoms. The minimum atomic E-state index is -0.194. The average molecular weight is 421 g/mol. The zero-order chi connectivity index (χ0) is 21.4. The van der Waals surface area contributed by atoms with Crippen LogP contribution in [0.15, 0.2) is 36.4 Å². The summed E-state index contributed by atoms with van der Waals surface area (Å²) in [6.45, 7) is 4.78. The van der Waals surface area contributed by atoms with E-state index < -0.39 is 0 Å². The van der Waals surface area contributed by atoms with Gasteiger partial charge >= 0.3 is 0 Å². The topological polar surface area (TPSA) is 81.1 Å². The summed E-state index contributed by atoms with van der Waals surface area (Å²) in [6, 6.07) is 10.5. The number of methoxy groups -OCH3 is 2. The first-order chi connectivity index (χ1) is 13.9. The van der Waals surface area contributed by atoms with Crippen molar-refractivity contribution < 1.29 is 24.0 Å². The van der Waals surface area contributed by atoms with Gasteiger partial charge in [-0.15, -0.1) is 0 Å². The molecule has 0 heterocycles. The van der Waals surface area contributed by atoms with E-state index in [0.29, 0.717) is 34.4 Å². The van der Waals surface area contributed by atoms with Crippen LogP contribution in [0.5, 0.6) is 11.5 Å². The van der Waals surface area contributed by atoms with E-state index >= 15 is 0 Å². The van der Waals surface area contributed by atoms with Crippen LogP contribution in [0.4, 0.5) is 11.4 Å². The molecule has 1 atom stereocenters. The Kier molecular flexibility index (Phi) is 8.30. The molecule has 0 bridgehead atoms. The summed E-state index contributed by atoms with van der Waals surface area (Å²) in [5.74, 6) is 0.743. The molecule has 1 unspecified atom stereocenters. The van der Waals surface area contributed by atoms with Gasteiger partial charge in [0.2, 0.25) is 0 Å². The molecule has 156 valence electrons. The standard InChI is InChI=1S/C21H26ClN3O4/c1-5-25(13-21(27)24-17-10-15(22)7-6-14(17)2)12-20(26)23-16-8-9-18(28-3)19(11-16)29-4/h6-11H,5,12-13H2,1-4H3,(H,23,26)(H,24,27)/p+1. The van der Waals surface area contributed by atoms with Crippen LogP contribution in [0.25, 0.3) is 0 Å². The number of quaternary nitrogens is 1. The third-order valence-electron chi connectivity index (χ3n) is 4.46. The lowest BCUT2D eigenvalue weighted by Crippen LogP contribution is -3.13. The largest absolute Gasteiger partial charge is 0.493 e. The lowest BCUT2D eigenvalue weighted by atomic mass is 10.2. The maximum absolute atomic E-state index is 12.4. The molecule has 0 fully saturated rings. The fourth-order valence-electron chi connectivity index (χ4n) is 2.81. The number of anilines is 2. The fourth-order valence-corrected chi connectivity index (χ4v) is 2.98. The van der Waals surface area contributed by atoms with Crippen molar-refractivity contribution in [1.82, 2.24) is 0 Å². The first kappa shape index (κ1) is 22.5. The highest BCUT2D eigenvalue weighted by atomic mass is 35.5. The van der Waals surface area contributed by atoms with E-state index in [1.165, 1.54) is 7.11 Å². The monoisotopic (exact) mass is 420 g/mol. The van der Waals surface area contributed by atoms with Gasteiger partial charge in [0.15, 0.2) is 24.6 Å². The third kappa shape index (κ3) is 6.66. The predicted molar refractivity (Wildman–Crippen MR) is 114 cm³/mol. The zero-order valence-electron chi connectivity index (χ0n) is 17.1. The Balaban J connectivity index is 1.94. The quantitative estimate of drug-likeness (QED) is 0.580. The van der Waals surface area contributed by atoms with Crippen LogP contribution in [0.2, 0.25) is 5.02 Å². The Bertz CT molecular complexity index is 873. The number of aryl methyl sites for hydroxylation is 1. The Morgan fingerprint density at radius 1 is 0.966 bits per heavy atom. The molecular formula is C21H27ClN3O4+. The van der Waals surface area contributed by atoms with Crippen LogP contribution < -0.4 is 25.0 Å². The van der Waals surface area contributed by atoms with Gasteiger partial charge in [0.25, 0.3) is 11.8 Å². The van der Waals surface area contributed by atoms with E-state index in [9.17, 15) is 9.59 Å². The summed E-state index contributed by atoms with van der Waals surface area (Å²) in [5, 5.41) is 6.24. The number of nitrogens with one attached hydrogen (secondary N) is 3. The average Bonchev–Trinajstić information content (AvgIpc) is 2.69. The molecule has 0 saturated carbocycles. The molecule has 3 N–H and O–H groups in total. The minimum absolute atomic E-state index is 0.160. The van der Waals surface area contributed by atoms with E-state index in [1.54, 1.807) is 37.4 Å². The summed E-state index contributed by atoms with van der Waals surface area (Å²) in [4.78, 5) is 25.7. The summed E-state index contributed by atoms with van der Waals surface area (Å²) in [7, 11) is 3.08. The van der Waals surface area contributed by atoms with Gasteiger partial charge in [-0.05, 0) is 43.7 Å². The second kappa shape index (κ2) is 10.7. The first-order valence-corrected chi connectivity index (χ1v) is 9.65. The predicted octanol–water partition coefficient (Wildman–Crippen LogP) is 2.15. The van der Waals surface area contributed by atoms with Gasteiger partial charge in [-0.1, -0.05) is 17.7 Å². The van der Waals surface area contributed by atoms with E-state index in [-0.39, 0.29) is 24.9 Å². The van der Waals surface area contributed by atoms with Gasteiger partial charge in [-0.25, -0.2) is 0 Å². The maximum atomic E-state index is 12.4. The van der Waals surface area contributed by atoms with Gasteiger partial charge in [0.05, 0.1) is 20.8 Å². The minimum Gasteiger partial charge on any atom is -0.493 e. The van der Waals surface area contributed by atoms with E-state index in [1.807, 2.05) is 19.9 Å². The first-order valence-electron chi connectivity index (χ1n) is 9.27. The molecule has 0 aliphatic carbocycles. The number of amides is 2. The molecule has 29 heavy (non-hydrogen) atoms. The van der Waals surface area contributed by atoms with Crippen molar-refractivity contribution in [1.29, 1.82) is 0 Å². The van der Waals surface area contributed by atoms with E-state index in [0.717, 1.165) is 10.5 Å². The van der Waals surface area contributed by atoms with E-state index in [2.05, 4.69) is 10.6 Å². The molecule has 2 rings (SSSR count). The molecule has 7 nitrogen and oxygen atoms in total. The lowest BCUT2D eigenvalue weighted by Gasteiger charge is -2.18. The van der Waals surface area contributed by atoms with Gasteiger partial charge < -0.3 is 25.0 Å². The van der Waals surface area contributed by atoms with E-state index in [4.69, 9.17) is 21.1 Å². The number of hydrogen-bond donors (Lipinski definition) is 3. The number of carbonyl (C=O) groups excluding carboxylic acids is 2. The fraction of sp³-hybridized carbons (Fsp3) is 0.333. The van der Waals surface area contributed by atoms with Gasteiger partial charge in [-0.3, -0.25) is 9.59 Å². The van der Waals surface area contributed by atoms with Crippen molar-refractivity contribution in [3.63, 3.8) is 0 Å². The number of ether oxygens (including phenoxy) is 2.